The predicted octanol–water partition coefficient (Wildman–Crippen LogP) is 1.35. The Morgan fingerprint density at radius 3 is 2.47 bits per heavy atom. The summed E-state index contributed by atoms with van der Waals surface area (Å²) < 4.78 is 0. The van der Waals surface area contributed by atoms with Crippen molar-refractivity contribution in [3.8, 4) is 5.75 Å². The molecule has 1 aromatic rings. The van der Waals surface area contributed by atoms with Crippen molar-refractivity contribution in [2.24, 2.45) is 5.92 Å². The van der Waals surface area contributed by atoms with Gasteiger partial charge in [-0.2, -0.15) is 0 Å². The molecule has 2 rings (SSSR count). The van der Waals surface area contributed by atoms with E-state index in [1.165, 1.54) is 0 Å². The van der Waals surface area contributed by atoms with Gasteiger partial charge >= 0.3 is 0 Å². The molecule has 1 heterocycles. The van der Waals surface area contributed by atoms with Crippen LogP contribution in [0.2, 0.25) is 0 Å². The Bertz CT molecular complexity index is 383. The van der Waals surface area contributed by atoms with Crippen LogP contribution in [0.4, 0.5) is 5.69 Å². The number of carbonyl (C=O) groups is 1. The van der Waals surface area contributed by atoms with Crippen molar-refractivity contribution in [2.75, 3.05) is 25.0 Å². The number of anilines is 1. The predicted molar refractivity (Wildman–Crippen MR) is 67.1 cm³/mol. The Balaban J connectivity index is 2.05. The van der Waals surface area contributed by atoms with E-state index in [1.54, 1.807) is 36.2 Å². The monoisotopic (exact) mass is 234 g/mol. The third-order valence-electron chi connectivity index (χ3n) is 3.26. The van der Waals surface area contributed by atoms with Crippen LogP contribution in [0.5, 0.6) is 5.75 Å². The number of aromatic hydroxyl groups is 1. The zero-order valence-corrected chi connectivity index (χ0v) is 10.0. The van der Waals surface area contributed by atoms with Gasteiger partial charge in [-0.05, 0) is 50.2 Å². The van der Waals surface area contributed by atoms with Gasteiger partial charge in [0.05, 0.1) is 0 Å². The summed E-state index contributed by atoms with van der Waals surface area (Å²) in [6.45, 7) is 1.83. The van der Waals surface area contributed by atoms with Gasteiger partial charge in [-0.3, -0.25) is 4.79 Å². The second-order valence-corrected chi connectivity index (χ2v) is 4.44. The first-order valence-electron chi connectivity index (χ1n) is 5.96. The number of rotatable bonds is 2. The highest BCUT2D eigenvalue weighted by molar-refractivity contribution is 5.94. The lowest BCUT2D eigenvalue weighted by Crippen LogP contribution is -2.39. The van der Waals surface area contributed by atoms with E-state index in [0.717, 1.165) is 31.6 Å². The van der Waals surface area contributed by atoms with E-state index < -0.39 is 0 Å². The Kier molecular flexibility index (Phi) is 3.64. The maximum Gasteiger partial charge on any atom is 0.229 e. The largest absolute Gasteiger partial charge is 0.508 e. The van der Waals surface area contributed by atoms with Gasteiger partial charge < -0.3 is 15.3 Å². The molecule has 1 aromatic carbocycles. The van der Waals surface area contributed by atoms with Crippen LogP contribution in [0, 0.1) is 5.92 Å². The molecule has 0 aromatic heterocycles. The van der Waals surface area contributed by atoms with Crippen LogP contribution in [0.25, 0.3) is 0 Å². The van der Waals surface area contributed by atoms with Crippen molar-refractivity contribution in [1.29, 1.82) is 0 Å². The summed E-state index contributed by atoms with van der Waals surface area (Å²) in [5.74, 6) is 0.503. The first-order valence-corrected chi connectivity index (χ1v) is 5.96. The highest BCUT2D eigenvalue weighted by Crippen LogP contribution is 2.21. The van der Waals surface area contributed by atoms with Gasteiger partial charge in [-0.1, -0.05) is 0 Å². The van der Waals surface area contributed by atoms with Gasteiger partial charge in [0.25, 0.3) is 0 Å². The lowest BCUT2D eigenvalue weighted by Gasteiger charge is -2.27. The molecule has 92 valence electrons. The minimum atomic E-state index is 0.120. The molecule has 0 aliphatic carbocycles. The second kappa shape index (κ2) is 5.19. The fourth-order valence-corrected chi connectivity index (χ4v) is 2.15. The van der Waals surface area contributed by atoms with Gasteiger partial charge in [0.2, 0.25) is 5.91 Å². The topological polar surface area (TPSA) is 52.6 Å². The maximum atomic E-state index is 12.2. The van der Waals surface area contributed by atoms with Crippen molar-refractivity contribution in [3.05, 3.63) is 24.3 Å². The molecule has 0 radical (unpaired) electrons. The van der Waals surface area contributed by atoms with E-state index in [0.29, 0.717) is 0 Å². The summed E-state index contributed by atoms with van der Waals surface area (Å²) in [5.41, 5.74) is 0.825. The third kappa shape index (κ3) is 2.77. The van der Waals surface area contributed by atoms with Crippen LogP contribution >= 0.6 is 0 Å². The first-order chi connectivity index (χ1) is 8.18. The van der Waals surface area contributed by atoms with Gasteiger partial charge in [0.1, 0.15) is 5.75 Å². The quantitative estimate of drug-likeness (QED) is 0.812. The summed E-state index contributed by atoms with van der Waals surface area (Å²) >= 11 is 0. The molecule has 1 saturated heterocycles. The molecular formula is C13H18N2O2. The fraction of sp³-hybridized carbons (Fsp3) is 0.462. The van der Waals surface area contributed by atoms with Gasteiger partial charge in [-0.25, -0.2) is 0 Å². The second-order valence-electron chi connectivity index (χ2n) is 4.44. The SMILES string of the molecule is CN(C(=O)C1CCNCC1)c1ccc(O)cc1. The molecule has 4 nitrogen and oxygen atoms in total. The molecule has 1 amide bonds. The van der Waals surface area contributed by atoms with E-state index in [-0.39, 0.29) is 17.6 Å². The lowest BCUT2D eigenvalue weighted by molar-refractivity contribution is -0.122. The zero-order chi connectivity index (χ0) is 12.3. The molecule has 0 saturated carbocycles. The smallest absolute Gasteiger partial charge is 0.229 e. The van der Waals surface area contributed by atoms with E-state index in [9.17, 15) is 9.90 Å². The number of hydrogen-bond acceptors (Lipinski definition) is 3. The number of hydrogen-bond donors (Lipinski definition) is 2. The van der Waals surface area contributed by atoms with Crippen LogP contribution < -0.4 is 10.2 Å². The Hall–Kier alpha value is -1.55. The molecule has 2 N–H and O–H groups in total. The van der Waals surface area contributed by atoms with Crippen molar-refractivity contribution < 1.29 is 9.90 Å². The Labute approximate surface area is 101 Å². The number of piperidine rings is 1. The number of phenolic OH excluding ortho intramolecular Hbond substituents is 1. The number of carbonyl (C=O) groups excluding carboxylic acids is 1. The highest BCUT2D eigenvalue weighted by Gasteiger charge is 2.24. The molecular weight excluding hydrogens is 216 g/mol. The number of nitrogens with one attached hydrogen (secondary N) is 1. The molecule has 17 heavy (non-hydrogen) atoms. The average molecular weight is 234 g/mol. The number of phenols is 1. The molecule has 1 fully saturated rings. The molecule has 1 aliphatic heterocycles. The molecule has 1 aliphatic rings. The van der Waals surface area contributed by atoms with E-state index >= 15 is 0 Å². The van der Waals surface area contributed by atoms with Crippen LogP contribution in [-0.2, 0) is 4.79 Å². The van der Waals surface area contributed by atoms with Gasteiger partial charge in [0.15, 0.2) is 0 Å². The van der Waals surface area contributed by atoms with E-state index in [1.807, 2.05) is 0 Å². The Morgan fingerprint density at radius 1 is 1.29 bits per heavy atom. The number of benzene rings is 1. The van der Waals surface area contributed by atoms with Gasteiger partial charge in [0, 0.05) is 18.7 Å². The maximum absolute atomic E-state index is 12.2. The van der Waals surface area contributed by atoms with E-state index in [4.69, 9.17) is 0 Å². The molecule has 0 unspecified atom stereocenters. The van der Waals surface area contributed by atoms with Crippen LogP contribution in [0.15, 0.2) is 24.3 Å². The van der Waals surface area contributed by atoms with Crippen LogP contribution in [0.1, 0.15) is 12.8 Å². The third-order valence-corrected chi connectivity index (χ3v) is 3.26. The van der Waals surface area contributed by atoms with Crippen LogP contribution in [0.3, 0.4) is 0 Å². The fourth-order valence-electron chi connectivity index (χ4n) is 2.15. The minimum absolute atomic E-state index is 0.120. The average Bonchev–Trinajstić information content (AvgIpc) is 2.39. The normalized spacial score (nSPS) is 16.8. The lowest BCUT2D eigenvalue weighted by atomic mass is 9.96. The van der Waals surface area contributed by atoms with E-state index in [2.05, 4.69) is 5.32 Å². The van der Waals surface area contributed by atoms with Crippen molar-refractivity contribution in [1.82, 2.24) is 5.32 Å². The summed E-state index contributed by atoms with van der Waals surface area (Å²) in [5, 5.41) is 12.5. The zero-order valence-electron chi connectivity index (χ0n) is 10.0. The summed E-state index contributed by atoms with van der Waals surface area (Å²) in [7, 11) is 1.79. The Morgan fingerprint density at radius 2 is 1.88 bits per heavy atom. The molecule has 4 heteroatoms. The van der Waals surface area contributed by atoms with Crippen molar-refractivity contribution in [2.45, 2.75) is 12.8 Å². The van der Waals surface area contributed by atoms with Crippen LogP contribution in [-0.4, -0.2) is 31.2 Å². The highest BCUT2D eigenvalue weighted by atomic mass is 16.3. The molecule has 0 bridgehead atoms. The number of amides is 1. The summed E-state index contributed by atoms with van der Waals surface area (Å²) in [4.78, 5) is 13.9. The molecule has 0 atom stereocenters. The summed E-state index contributed by atoms with van der Waals surface area (Å²) in [6, 6.07) is 6.71. The first kappa shape index (κ1) is 11.9. The number of nitrogens with zero attached hydrogens (tertiary/aromatic N) is 1. The summed E-state index contributed by atoms with van der Waals surface area (Å²) in [6.07, 6.45) is 1.81. The van der Waals surface area contributed by atoms with Crippen molar-refractivity contribution >= 4 is 11.6 Å². The minimum Gasteiger partial charge on any atom is -0.508 e. The van der Waals surface area contributed by atoms with Crippen molar-refractivity contribution in [3.63, 3.8) is 0 Å². The molecule has 0 spiro atoms. The van der Waals surface area contributed by atoms with Gasteiger partial charge in [-0.15, -0.1) is 0 Å². The standard InChI is InChI=1S/C13H18N2O2/c1-15(11-2-4-12(16)5-3-11)13(17)10-6-8-14-9-7-10/h2-5,10,14,16H,6-9H2,1H3.